The van der Waals surface area contributed by atoms with Crippen LogP contribution in [0, 0.1) is 29.6 Å². The summed E-state index contributed by atoms with van der Waals surface area (Å²) in [7, 11) is 0. The summed E-state index contributed by atoms with van der Waals surface area (Å²) in [6.07, 6.45) is 8.36. The van der Waals surface area contributed by atoms with Gasteiger partial charge in [0.1, 0.15) is 5.82 Å². The van der Waals surface area contributed by atoms with E-state index in [0.29, 0.717) is 55.7 Å². The fourth-order valence-corrected chi connectivity index (χ4v) is 5.86. The summed E-state index contributed by atoms with van der Waals surface area (Å²) in [6, 6.07) is 19.7. The second kappa shape index (κ2) is 16.2. The number of phenolic OH excluding ortho intramolecular Hbond substituents is 1. The molecule has 2 aromatic carbocycles. The van der Waals surface area contributed by atoms with Crippen molar-refractivity contribution in [2.45, 2.75) is 83.3 Å². The van der Waals surface area contributed by atoms with E-state index in [4.69, 9.17) is 10.5 Å². The summed E-state index contributed by atoms with van der Waals surface area (Å²) >= 11 is 0. The van der Waals surface area contributed by atoms with Gasteiger partial charge >= 0.3 is 0 Å². The lowest BCUT2D eigenvalue weighted by Crippen LogP contribution is -2.32. The number of pyridine rings is 1. The normalized spacial score (nSPS) is 20.6. The van der Waals surface area contributed by atoms with E-state index in [1.807, 2.05) is 30.3 Å². The van der Waals surface area contributed by atoms with E-state index in [9.17, 15) is 15.3 Å². The Morgan fingerprint density at radius 1 is 1.00 bits per heavy atom. The first-order valence-corrected chi connectivity index (χ1v) is 15.4. The fourth-order valence-electron chi connectivity index (χ4n) is 5.86. The molecule has 5 atom stereocenters. The van der Waals surface area contributed by atoms with Crippen LogP contribution in [0.2, 0.25) is 0 Å². The summed E-state index contributed by atoms with van der Waals surface area (Å²) in [6.45, 7) is 2.74. The Morgan fingerprint density at radius 2 is 1.79 bits per heavy atom. The number of hydrogen-bond donors (Lipinski definition) is 4. The summed E-state index contributed by atoms with van der Waals surface area (Å²) in [5, 5.41) is 32.4. The molecule has 1 heterocycles. The first-order valence-electron chi connectivity index (χ1n) is 15.4. The highest BCUT2D eigenvalue weighted by molar-refractivity contribution is 5.42. The summed E-state index contributed by atoms with van der Waals surface area (Å²) in [5.74, 6) is 8.40. The van der Waals surface area contributed by atoms with E-state index >= 15 is 0 Å². The Hall–Kier alpha value is -3.53. The van der Waals surface area contributed by atoms with Gasteiger partial charge in [-0.3, -0.25) is 0 Å². The molecule has 5 N–H and O–H groups in total. The predicted octanol–water partition coefficient (Wildman–Crippen LogP) is 6.11. The molecule has 0 saturated carbocycles. The highest BCUT2D eigenvalue weighted by atomic mass is 16.5. The van der Waals surface area contributed by atoms with Gasteiger partial charge in [-0.05, 0) is 91.8 Å². The first kappa shape index (κ1) is 31.4. The quantitative estimate of drug-likeness (QED) is 0.154. The Morgan fingerprint density at radius 3 is 2.60 bits per heavy atom. The third-order valence-electron chi connectivity index (χ3n) is 8.43. The minimum atomic E-state index is -0.667. The third kappa shape index (κ3) is 9.79. The van der Waals surface area contributed by atoms with E-state index < -0.39 is 12.2 Å². The van der Waals surface area contributed by atoms with Crippen LogP contribution in [0.1, 0.15) is 68.6 Å². The van der Waals surface area contributed by atoms with Gasteiger partial charge < -0.3 is 25.8 Å². The molecule has 0 saturated heterocycles. The zero-order valence-corrected chi connectivity index (χ0v) is 24.8. The number of aromatic hydroxyl groups is 1. The molecular formula is C36H46N2O4. The zero-order chi connectivity index (χ0) is 29.7. The van der Waals surface area contributed by atoms with Crippen LogP contribution in [0.15, 0.2) is 66.9 Å². The second-order valence-electron chi connectivity index (χ2n) is 11.8. The molecule has 0 spiro atoms. The lowest BCUT2D eigenvalue weighted by atomic mass is 9.82. The number of aromatic nitrogens is 1. The van der Waals surface area contributed by atoms with Crippen molar-refractivity contribution in [1.29, 1.82) is 0 Å². The number of rotatable bonds is 12. The SMILES string of the molecule is C[C@H](Cc1ccccc1)[C@@H]1C#CC[C@H]([C@H](O)CCc2ccc(O)c(OCCCc3ccnc(N)c3)c2)[C@@H](O)CCCC1. The Balaban J connectivity index is 1.30. The maximum atomic E-state index is 11.2. The standard InChI is InChI=1S/C36H46N2O4/c1-26(23-27-9-3-2-4-10-27)30-12-5-6-15-32(39)31(14-7-13-30)33(40)18-16-29-17-19-34(41)35(24-29)42-22-8-11-28-20-21-38-36(37)25-28/h2-4,9-10,17,19-21,24-26,30-33,39-41H,5-6,8,11-12,14-16,18,22-23H2,1H3,(H2,37,38)/t26-,30+,31+,32+,33-/m1/s1. The number of nitrogens with two attached hydrogens (primary N) is 1. The highest BCUT2D eigenvalue weighted by Crippen LogP contribution is 2.30. The molecule has 0 unspecified atom stereocenters. The van der Waals surface area contributed by atoms with E-state index in [1.54, 1.807) is 12.3 Å². The molecule has 0 bridgehead atoms. The molecule has 0 fully saturated rings. The molecule has 42 heavy (non-hydrogen) atoms. The van der Waals surface area contributed by atoms with Crippen molar-refractivity contribution in [3.8, 4) is 23.3 Å². The molecule has 0 aliphatic heterocycles. The maximum Gasteiger partial charge on any atom is 0.161 e. The van der Waals surface area contributed by atoms with Gasteiger partial charge in [0, 0.05) is 24.5 Å². The molecular weight excluding hydrogens is 524 g/mol. The Bertz CT molecular complexity index is 1300. The molecule has 0 amide bonds. The average Bonchev–Trinajstić information content (AvgIpc) is 2.99. The molecule has 1 aliphatic rings. The number of nitrogen functional groups attached to an aromatic ring is 1. The maximum absolute atomic E-state index is 11.2. The van der Waals surface area contributed by atoms with E-state index in [-0.39, 0.29) is 11.7 Å². The van der Waals surface area contributed by atoms with Crippen LogP contribution in [0.4, 0.5) is 5.82 Å². The fraction of sp³-hybridized carbons (Fsp3) is 0.472. The third-order valence-corrected chi connectivity index (χ3v) is 8.43. The zero-order valence-electron chi connectivity index (χ0n) is 24.8. The van der Waals surface area contributed by atoms with E-state index in [2.05, 4.69) is 48.0 Å². The van der Waals surface area contributed by atoms with Crippen molar-refractivity contribution in [3.05, 3.63) is 83.6 Å². The molecule has 1 aromatic heterocycles. The van der Waals surface area contributed by atoms with Crippen LogP contribution in [0.3, 0.4) is 0 Å². The molecule has 0 radical (unpaired) electrons. The number of nitrogens with zero attached hydrogens (tertiary/aromatic N) is 1. The molecule has 3 aromatic rings. The number of ether oxygens (including phenoxy) is 1. The van der Waals surface area contributed by atoms with E-state index in [1.165, 1.54) is 5.56 Å². The van der Waals surface area contributed by atoms with Crippen molar-refractivity contribution >= 4 is 5.82 Å². The van der Waals surface area contributed by atoms with Crippen LogP contribution in [-0.2, 0) is 19.3 Å². The average molecular weight is 571 g/mol. The number of anilines is 1. The van der Waals surface area contributed by atoms with Crippen molar-refractivity contribution in [2.24, 2.45) is 17.8 Å². The molecule has 6 heteroatoms. The molecule has 1 aliphatic carbocycles. The van der Waals surface area contributed by atoms with Crippen molar-refractivity contribution in [2.75, 3.05) is 12.3 Å². The van der Waals surface area contributed by atoms with Gasteiger partial charge in [-0.25, -0.2) is 4.98 Å². The van der Waals surface area contributed by atoms with Crippen LogP contribution in [-0.4, -0.2) is 39.1 Å². The van der Waals surface area contributed by atoms with Gasteiger partial charge in [-0.15, -0.1) is 5.92 Å². The monoisotopic (exact) mass is 570 g/mol. The first-order chi connectivity index (χ1) is 20.4. The summed E-state index contributed by atoms with van der Waals surface area (Å²) < 4.78 is 5.87. The summed E-state index contributed by atoms with van der Waals surface area (Å²) in [4.78, 5) is 4.01. The van der Waals surface area contributed by atoms with Crippen molar-refractivity contribution in [3.63, 3.8) is 0 Å². The van der Waals surface area contributed by atoms with Crippen LogP contribution in [0.25, 0.3) is 0 Å². The minimum Gasteiger partial charge on any atom is -0.504 e. The number of aliphatic hydroxyl groups is 2. The van der Waals surface area contributed by atoms with Gasteiger partial charge in [-0.1, -0.05) is 62.1 Å². The second-order valence-corrected chi connectivity index (χ2v) is 11.8. The Labute approximate surface area is 251 Å². The van der Waals surface area contributed by atoms with Gasteiger partial charge in [-0.2, -0.15) is 0 Å². The van der Waals surface area contributed by atoms with Gasteiger partial charge in [0.25, 0.3) is 0 Å². The molecule has 224 valence electrons. The van der Waals surface area contributed by atoms with Crippen molar-refractivity contribution in [1.82, 2.24) is 4.98 Å². The predicted molar refractivity (Wildman–Crippen MR) is 168 cm³/mol. The number of aryl methyl sites for hydroxylation is 2. The van der Waals surface area contributed by atoms with Crippen LogP contribution >= 0.6 is 0 Å². The minimum absolute atomic E-state index is 0.0986. The van der Waals surface area contributed by atoms with Gasteiger partial charge in [0.05, 0.1) is 18.8 Å². The number of phenols is 1. The number of hydrogen-bond acceptors (Lipinski definition) is 6. The highest BCUT2D eigenvalue weighted by Gasteiger charge is 2.27. The lowest BCUT2D eigenvalue weighted by molar-refractivity contribution is 0.00552. The largest absolute Gasteiger partial charge is 0.504 e. The molecule has 4 rings (SSSR count). The number of benzene rings is 2. The molecule has 6 nitrogen and oxygen atoms in total. The number of aliphatic hydroxyl groups excluding tert-OH is 2. The topological polar surface area (TPSA) is 109 Å². The van der Waals surface area contributed by atoms with Crippen LogP contribution in [0.5, 0.6) is 11.5 Å². The smallest absolute Gasteiger partial charge is 0.161 e. The van der Waals surface area contributed by atoms with Crippen molar-refractivity contribution < 1.29 is 20.1 Å². The van der Waals surface area contributed by atoms with E-state index in [0.717, 1.165) is 49.7 Å². The Kier molecular flexibility index (Phi) is 12.1. The van der Waals surface area contributed by atoms with Crippen LogP contribution < -0.4 is 10.5 Å². The van der Waals surface area contributed by atoms with Gasteiger partial charge in [0.15, 0.2) is 11.5 Å². The van der Waals surface area contributed by atoms with Gasteiger partial charge in [0.2, 0.25) is 0 Å². The summed E-state index contributed by atoms with van der Waals surface area (Å²) in [5.41, 5.74) is 9.16. The lowest BCUT2D eigenvalue weighted by Gasteiger charge is -2.28.